The van der Waals surface area contributed by atoms with Crippen molar-refractivity contribution >= 4 is 35.0 Å². The highest BCUT2D eigenvalue weighted by Crippen LogP contribution is 2.33. The summed E-state index contributed by atoms with van der Waals surface area (Å²) in [4.78, 5) is 45.2. The summed E-state index contributed by atoms with van der Waals surface area (Å²) in [5, 5.41) is 8.28. The van der Waals surface area contributed by atoms with E-state index in [-0.39, 0.29) is 23.8 Å². The molecule has 2 amide bonds. The first-order valence-electron chi connectivity index (χ1n) is 9.77. The van der Waals surface area contributed by atoms with E-state index in [1.807, 2.05) is 18.2 Å². The Hall–Kier alpha value is -4.34. The number of para-hydroxylation sites is 1. The van der Waals surface area contributed by atoms with Gasteiger partial charge in [0.05, 0.1) is 31.4 Å². The SMILES string of the molecule is COc1ccc(OC)c(NC(=O)C2CC(=O)Nc3nc(Nc4ccccc4)[nH]c(=O)c32)c1. The van der Waals surface area contributed by atoms with Gasteiger partial charge in [-0.2, -0.15) is 4.98 Å². The molecule has 1 aromatic heterocycles. The Bertz CT molecular complexity index is 1230. The lowest BCUT2D eigenvalue weighted by Gasteiger charge is -2.24. The number of rotatable bonds is 6. The molecule has 0 radical (unpaired) electrons. The average Bonchev–Trinajstić information content (AvgIpc) is 2.78. The summed E-state index contributed by atoms with van der Waals surface area (Å²) < 4.78 is 10.5. The third-order valence-electron chi connectivity index (χ3n) is 4.97. The van der Waals surface area contributed by atoms with Crippen LogP contribution in [0.3, 0.4) is 0 Å². The van der Waals surface area contributed by atoms with Gasteiger partial charge in [-0.05, 0) is 24.3 Å². The van der Waals surface area contributed by atoms with Crippen molar-refractivity contribution in [3.05, 3.63) is 64.4 Å². The lowest BCUT2D eigenvalue weighted by molar-refractivity contribution is -0.123. The Morgan fingerprint density at radius 1 is 1.09 bits per heavy atom. The van der Waals surface area contributed by atoms with Crippen molar-refractivity contribution in [2.24, 2.45) is 0 Å². The van der Waals surface area contributed by atoms with Gasteiger partial charge in [0.2, 0.25) is 17.8 Å². The molecule has 0 saturated carbocycles. The van der Waals surface area contributed by atoms with E-state index in [0.717, 1.165) is 0 Å². The molecular formula is C22H21N5O5. The van der Waals surface area contributed by atoms with Gasteiger partial charge in [-0.15, -0.1) is 0 Å². The van der Waals surface area contributed by atoms with Gasteiger partial charge >= 0.3 is 0 Å². The minimum Gasteiger partial charge on any atom is -0.497 e. The number of aromatic amines is 1. The van der Waals surface area contributed by atoms with Crippen LogP contribution in [0.4, 0.5) is 23.1 Å². The van der Waals surface area contributed by atoms with Crippen molar-refractivity contribution < 1.29 is 19.1 Å². The quantitative estimate of drug-likeness (QED) is 0.467. The summed E-state index contributed by atoms with van der Waals surface area (Å²) in [5.41, 5.74) is 0.627. The molecule has 0 fully saturated rings. The monoisotopic (exact) mass is 435 g/mol. The Labute approximate surface area is 183 Å². The van der Waals surface area contributed by atoms with E-state index < -0.39 is 23.3 Å². The zero-order chi connectivity index (χ0) is 22.7. The molecule has 10 heteroatoms. The Morgan fingerprint density at radius 2 is 1.88 bits per heavy atom. The third kappa shape index (κ3) is 4.24. The predicted molar refractivity (Wildman–Crippen MR) is 119 cm³/mol. The number of fused-ring (bicyclic) bond motifs is 1. The van der Waals surface area contributed by atoms with E-state index >= 15 is 0 Å². The largest absolute Gasteiger partial charge is 0.497 e. The summed E-state index contributed by atoms with van der Waals surface area (Å²) in [7, 11) is 2.97. The number of amides is 2. The zero-order valence-electron chi connectivity index (χ0n) is 17.4. The van der Waals surface area contributed by atoms with Crippen molar-refractivity contribution in [2.45, 2.75) is 12.3 Å². The number of hydrogen-bond acceptors (Lipinski definition) is 7. The summed E-state index contributed by atoms with van der Waals surface area (Å²) in [6.07, 6.45) is -0.193. The van der Waals surface area contributed by atoms with Crippen molar-refractivity contribution in [3.63, 3.8) is 0 Å². The Balaban J connectivity index is 1.65. The standard InChI is InChI=1S/C22H21N5O5/c1-31-13-8-9-16(32-2)15(10-13)24-20(29)14-11-17(28)25-19-18(14)21(30)27-22(26-19)23-12-6-4-3-5-7-12/h3-10,14H,11H2,1-2H3,(H,24,29)(H3,23,25,26,27,28,30). The molecule has 0 spiro atoms. The van der Waals surface area contributed by atoms with Gasteiger partial charge in [-0.25, -0.2) is 0 Å². The van der Waals surface area contributed by atoms with Crippen LogP contribution in [-0.2, 0) is 9.59 Å². The van der Waals surface area contributed by atoms with E-state index in [1.165, 1.54) is 14.2 Å². The van der Waals surface area contributed by atoms with E-state index in [9.17, 15) is 14.4 Å². The molecular weight excluding hydrogens is 414 g/mol. The van der Waals surface area contributed by atoms with Crippen LogP contribution in [-0.4, -0.2) is 36.0 Å². The van der Waals surface area contributed by atoms with Crippen LogP contribution >= 0.6 is 0 Å². The number of benzene rings is 2. The smallest absolute Gasteiger partial charge is 0.258 e. The maximum atomic E-state index is 13.1. The van der Waals surface area contributed by atoms with E-state index in [0.29, 0.717) is 22.9 Å². The normalized spacial score (nSPS) is 14.7. The van der Waals surface area contributed by atoms with Crippen LogP contribution < -0.4 is 31.0 Å². The lowest BCUT2D eigenvalue weighted by atomic mass is 9.92. The minimum atomic E-state index is -1.03. The first-order chi connectivity index (χ1) is 15.5. The number of carbonyl (C=O) groups excluding carboxylic acids is 2. The van der Waals surface area contributed by atoms with Crippen LogP contribution in [0.25, 0.3) is 0 Å². The van der Waals surface area contributed by atoms with Gasteiger partial charge in [-0.1, -0.05) is 18.2 Å². The molecule has 32 heavy (non-hydrogen) atoms. The summed E-state index contributed by atoms with van der Waals surface area (Å²) >= 11 is 0. The molecule has 0 aliphatic carbocycles. The average molecular weight is 435 g/mol. The first-order valence-corrected chi connectivity index (χ1v) is 9.77. The van der Waals surface area contributed by atoms with Gasteiger partial charge in [0.15, 0.2) is 0 Å². The predicted octanol–water partition coefficient (Wildman–Crippen LogP) is 2.60. The van der Waals surface area contributed by atoms with Gasteiger partial charge in [-0.3, -0.25) is 19.4 Å². The van der Waals surface area contributed by atoms with Crippen molar-refractivity contribution in [1.82, 2.24) is 9.97 Å². The molecule has 2 aromatic carbocycles. The van der Waals surface area contributed by atoms with Gasteiger partial charge < -0.3 is 25.4 Å². The van der Waals surface area contributed by atoms with Crippen LogP contribution in [0.15, 0.2) is 53.3 Å². The van der Waals surface area contributed by atoms with E-state index in [2.05, 4.69) is 25.9 Å². The molecule has 1 atom stereocenters. The van der Waals surface area contributed by atoms with Gasteiger partial charge in [0, 0.05) is 18.2 Å². The Morgan fingerprint density at radius 3 is 2.59 bits per heavy atom. The maximum absolute atomic E-state index is 13.1. The lowest BCUT2D eigenvalue weighted by Crippen LogP contribution is -2.36. The molecule has 1 aliphatic heterocycles. The highest BCUT2D eigenvalue weighted by atomic mass is 16.5. The second-order valence-electron chi connectivity index (χ2n) is 7.03. The number of nitrogens with zero attached hydrogens (tertiary/aromatic N) is 1. The molecule has 4 rings (SSSR count). The highest BCUT2D eigenvalue weighted by molar-refractivity contribution is 6.05. The molecule has 164 valence electrons. The van der Waals surface area contributed by atoms with Crippen LogP contribution in [0.5, 0.6) is 11.5 Å². The van der Waals surface area contributed by atoms with Crippen molar-refractivity contribution in [1.29, 1.82) is 0 Å². The number of carbonyl (C=O) groups is 2. The molecule has 2 heterocycles. The summed E-state index contributed by atoms with van der Waals surface area (Å²) in [6, 6.07) is 14.0. The third-order valence-corrected chi connectivity index (χ3v) is 4.97. The summed E-state index contributed by atoms with van der Waals surface area (Å²) in [5.74, 6) is -0.871. The second-order valence-corrected chi connectivity index (χ2v) is 7.03. The molecule has 1 unspecified atom stereocenters. The Kier molecular flexibility index (Phi) is 5.75. The topological polar surface area (TPSA) is 134 Å². The molecule has 4 N–H and O–H groups in total. The number of nitrogens with one attached hydrogen (secondary N) is 4. The molecule has 10 nitrogen and oxygen atoms in total. The van der Waals surface area contributed by atoms with E-state index in [4.69, 9.17) is 9.47 Å². The fraction of sp³-hybridized carbons (Fsp3) is 0.182. The molecule has 1 aliphatic rings. The van der Waals surface area contributed by atoms with Crippen LogP contribution in [0.1, 0.15) is 17.9 Å². The van der Waals surface area contributed by atoms with Crippen LogP contribution in [0.2, 0.25) is 0 Å². The number of H-pyrrole nitrogens is 1. The highest BCUT2D eigenvalue weighted by Gasteiger charge is 2.35. The second kappa shape index (κ2) is 8.80. The van der Waals surface area contributed by atoms with Crippen LogP contribution in [0, 0.1) is 0 Å². The number of ether oxygens (including phenoxy) is 2. The minimum absolute atomic E-state index is 0.0428. The number of aromatic nitrogens is 2. The zero-order valence-corrected chi connectivity index (χ0v) is 17.4. The van der Waals surface area contributed by atoms with E-state index in [1.54, 1.807) is 30.3 Å². The number of methoxy groups -OCH3 is 2. The molecule has 0 saturated heterocycles. The maximum Gasteiger partial charge on any atom is 0.258 e. The molecule has 0 bridgehead atoms. The number of anilines is 4. The summed E-state index contributed by atoms with van der Waals surface area (Å²) in [6.45, 7) is 0. The van der Waals surface area contributed by atoms with Gasteiger partial charge in [0.1, 0.15) is 17.3 Å². The molecule has 3 aromatic rings. The van der Waals surface area contributed by atoms with Gasteiger partial charge in [0.25, 0.3) is 5.56 Å². The fourth-order valence-electron chi connectivity index (χ4n) is 3.44. The first kappa shape index (κ1) is 20.9. The fourth-order valence-corrected chi connectivity index (χ4v) is 3.44. The number of hydrogen-bond donors (Lipinski definition) is 4. The van der Waals surface area contributed by atoms with Crippen molar-refractivity contribution in [3.8, 4) is 11.5 Å². The van der Waals surface area contributed by atoms with Crippen molar-refractivity contribution in [2.75, 3.05) is 30.2 Å².